The van der Waals surface area contributed by atoms with E-state index in [-0.39, 0.29) is 69.2 Å². The van der Waals surface area contributed by atoms with E-state index in [9.17, 15) is 19.2 Å². The molecule has 0 aromatic heterocycles. The summed E-state index contributed by atoms with van der Waals surface area (Å²) in [6.07, 6.45) is -0.663. The molecule has 1 atom stereocenters. The fourth-order valence-corrected chi connectivity index (χ4v) is 4.03. The van der Waals surface area contributed by atoms with Crippen molar-refractivity contribution in [2.75, 3.05) is 0 Å². The second kappa shape index (κ2) is 12.2. The third kappa shape index (κ3) is 6.53. The second-order valence-electron chi connectivity index (χ2n) is 11.2. The largest absolute Gasteiger partial charge is 0.484 e. The molecule has 0 bridgehead atoms. The van der Waals surface area contributed by atoms with Crippen LogP contribution in [0.3, 0.4) is 0 Å². The fourth-order valence-electron chi connectivity index (χ4n) is 3.80. The van der Waals surface area contributed by atoms with E-state index in [0.29, 0.717) is 22.3 Å². The number of allylic oxidation sites excluding steroid dienone is 4. The molecule has 0 N–H and O–H groups in total. The SMILES string of the molecule is CC(C)OC1=C(OC(C)C)C(=O)c2ccccc2C1=O.CC(OC1=C(Cl)C(=O)c2ccccc2C1=O)C(C)(C)C. The molecule has 1 unspecified atom stereocenters. The van der Waals surface area contributed by atoms with Gasteiger partial charge in [-0.1, -0.05) is 80.9 Å². The van der Waals surface area contributed by atoms with E-state index >= 15 is 0 Å². The Hall–Kier alpha value is -3.71. The van der Waals surface area contributed by atoms with Crippen LogP contribution in [0.5, 0.6) is 0 Å². The Labute approximate surface area is 240 Å². The van der Waals surface area contributed by atoms with Crippen LogP contribution in [-0.4, -0.2) is 41.4 Å². The van der Waals surface area contributed by atoms with Crippen LogP contribution in [0, 0.1) is 5.41 Å². The molecule has 0 fully saturated rings. The Kier molecular flexibility index (Phi) is 9.41. The van der Waals surface area contributed by atoms with Crippen molar-refractivity contribution in [1.82, 2.24) is 0 Å². The molecule has 0 spiro atoms. The molecule has 0 amide bonds. The lowest BCUT2D eigenvalue weighted by molar-refractivity contribution is 0.0350. The van der Waals surface area contributed by atoms with Crippen LogP contribution in [0.15, 0.2) is 70.8 Å². The lowest BCUT2D eigenvalue weighted by Crippen LogP contribution is -2.30. The van der Waals surface area contributed by atoms with Gasteiger partial charge in [0.25, 0.3) is 0 Å². The maximum absolute atomic E-state index is 12.5. The predicted molar refractivity (Wildman–Crippen MR) is 153 cm³/mol. The molecule has 2 aromatic carbocycles. The summed E-state index contributed by atoms with van der Waals surface area (Å²) in [5.41, 5.74) is 1.24. The maximum atomic E-state index is 12.5. The summed E-state index contributed by atoms with van der Waals surface area (Å²) >= 11 is 6.03. The lowest BCUT2D eigenvalue weighted by Gasteiger charge is -2.30. The number of hydrogen-bond acceptors (Lipinski definition) is 7. The molecule has 4 rings (SSSR count). The topological polar surface area (TPSA) is 96.0 Å². The van der Waals surface area contributed by atoms with Crippen molar-refractivity contribution in [3.63, 3.8) is 0 Å². The molecule has 40 heavy (non-hydrogen) atoms. The zero-order valence-corrected chi connectivity index (χ0v) is 24.8. The van der Waals surface area contributed by atoms with Crippen LogP contribution in [0.2, 0.25) is 0 Å². The number of Topliss-reactive ketones (excluding diaryl/α,β-unsaturated/α-hetero) is 4. The average Bonchev–Trinajstić information content (AvgIpc) is 2.89. The van der Waals surface area contributed by atoms with Gasteiger partial charge in [0.05, 0.1) is 12.2 Å². The normalized spacial score (nSPS) is 16.0. The highest BCUT2D eigenvalue weighted by atomic mass is 35.5. The van der Waals surface area contributed by atoms with Gasteiger partial charge in [-0.15, -0.1) is 0 Å². The molecular formula is C32H35ClO7. The van der Waals surface area contributed by atoms with Gasteiger partial charge in [0.15, 0.2) is 5.76 Å². The van der Waals surface area contributed by atoms with E-state index in [1.54, 1.807) is 76.2 Å². The molecule has 2 aliphatic carbocycles. The summed E-state index contributed by atoms with van der Waals surface area (Å²) < 4.78 is 16.7. The summed E-state index contributed by atoms with van der Waals surface area (Å²) in [5.74, 6) is -1.32. The first-order valence-electron chi connectivity index (χ1n) is 13.2. The van der Waals surface area contributed by atoms with Crippen molar-refractivity contribution in [3.8, 4) is 0 Å². The number of fused-ring (bicyclic) bond motifs is 2. The van der Waals surface area contributed by atoms with E-state index < -0.39 is 0 Å². The Morgan fingerprint density at radius 2 is 0.875 bits per heavy atom. The summed E-state index contributed by atoms with van der Waals surface area (Å²) in [7, 11) is 0. The van der Waals surface area contributed by atoms with Crippen LogP contribution in [0.4, 0.5) is 0 Å². The van der Waals surface area contributed by atoms with Gasteiger partial charge in [-0.05, 0) is 40.0 Å². The molecule has 0 saturated carbocycles. The van der Waals surface area contributed by atoms with Crippen molar-refractivity contribution < 1.29 is 33.4 Å². The summed E-state index contributed by atoms with van der Waals surface area (Å²) in [5, 5.41) is -0.134. The van der Waals surface area contributed by atoms with E-state index in [4.69, 9.17) is 25.8 Å². The second-order valence-corrected chi connectivity index (χ2v) is 11.5. The smallest absolute Gasteiger partial charge is 0.232 e. The van der Waals surface area contributed by atoms with Gasteiger partial charge in [-0.3, -0.25) is 19.2 Å². The van der Waals surface area contributed by atoms with Crippen molar-refractivity contribution in [2.24, 2.45) is 5.41 Å². The third-order valence-corrected chi connectivity index (χ3v) is 6.62. The van der Waals surface area contributed by atoms with Gasteiger partial charge in [0, 0.05) is 22.3 Å². The van der Waals surface area contributed by atoms with Crippen LogP contribution in [0.25, 0.3) is 0 Å². The van der Waals surface area contributed by atoms with Crippen LogP contribution in [-0.2, 0) is 14.2 Å². The van der Waals surface area contributed by atoms with Crippen molar-refractivity contribution >= 4 is 34.7 Å². The molecule has 8 heteroatoms. The molecule has 2 aliphatic rings. The van der Waals surface area contributed by atoms with E-state index in [1.807, 2.05) is 27.7 Å². The van der Waals surface area contributed by atoms with Crippen LogP contribution >= 0.6 is 11.6 Å². The Morgan fingerprint density at radius 3 is 1.20 bits per heavy atom. The number of carbonyl (C=O) groups excluding carboxylic acids is 4. The van der Waals surface area contributed by atoms with Gasteiger partial charge in [0.2, 0.25) is 34.7 Å². The molecule has 212 valence electrons. The maximum Gasteiger partial charge on any atom is 0.232 e. The summed E-state index contributed by atoms with van der Waals surface area (Å²) in [6.45, 7) is 15.1. The number of hydrogen-bond donors (Lipinski definition) is 0. The highest BCUT2D eigenvalue weighted by Crippen LogP contribution is 2.33. The lowest BCUT2D eigenvalue weighted by atomic mass is 9.89. The number of benzene rings is 2. The predicted octanol–water partition coefficient (Wildman–Crippen LogP) is 7.09. The van der Waals surface area contributed by atoms with E-state index in [2.05, 4.69) is 0 Å². The number of carbonyl (C=O) groups is 4. The molecule has 0 aliphatic heterocycles. The number of rotatable bonds is 6. The molecule has 0 heterocycles. The zero-order valence-electron chi connectivity index (χ0n) is 24.1. The quantitative estimate of drug-likeness (QED) is 0.368. The van der Waals surface area contributed by atoms with Gasteiger partial charge in [-0.2, -0.15) is 0 Å². The minimum atomic E-state index is -0.363. The first kappa shape index (κ1) is 30.8. The van der Waals surface area contributed by atoms with Crippen molar-refractivity contribution in [1.29, 1.82) is 0 Å². The summed E-state index contributed by atoms with van der Waals surface area (Å²) in [4.78, 5) is 49.5. The third-order valence-electron chi connectivity index (χ3n) is 6.28. The standard InChI is InChI=1S/C16H17ClO3.C16H18O4/c1-9(16(2,3)4)20-15-12(17)13(18)10-7-5-6-8-11(10)14(15)19;1-9(2)19-15-13(17)11-7-5-6-8-12(11)14(18)16(15)20-10(3)4/h5-9H,1-4H3;5-10H,1-4H3. The summed E-state index contributed by atoms with van der Waals surface area (Å²) in [6, 6.07) is 13.4. The first-order valence-corrected chi connectivity index (χ1v) is 13.5. The monoisotopic (exact) mass is 566 g/mol. The minimum Gasteiger partial charge on any atom is -0.484 e. The van der Waals surface area contributed by atoms with Gasteiger partial charge in [0.1, 0.15) is 11.1 Å². The van der Waals surface area contributed by atoms with Gasteiger partial charge >= 0.3 is 0 Å². The van der Waals surface area contributed by atoms with Crippen LogP contribution < -0.4 is 0 Å². The molecule has 0 radical (unpaired) electrons. The fraction of sp³-hybridized carbons (Fsp3) is 0.375. The first-order chi connectivity index (χ1) is 18.6. The highest BCUT2D eigenvalue weighted by molar-refractivity contribution is 6.49. The number of ketones is 4. The molecule has 0 saturated heterocycles. The van der Waals surface area contributed by atoms with Crippen molar-refractivity contribution in [3.05, 3.63) is 93.1 Å². The Bertz CT molecular complexity index is 1360. The number of halogens is 1. The van der Waals surface area contributed by atoms with Crippen LogP contribution in [0.1, 0.15) is 96.8 Å². The molecule has 7 nitrogen and oxygen atoms in total. The zero-order chi connectivity index (χ0) is 29.9. The van der Waals surface area contributed by atoms with E-state index in [1.165, 1.54) is 0 Å². The Morgan fingerprint density at radius 1 is 0.550 bits per heavy atom. The van der Waals surface area contributed by atoms with Crippen molar-refractivity contribution in [2.45, 2.75) is 73.7 Å². The molecular weight excluding hydrogens is 532 g/mol. The minimum absolute atomic E-state index is 0.0115. The van der Waals surface area contributed by atoms with Gasteiger partial charge < -0.3 is 14.2 Å². The van der Waals surface area contributed by atoms with Gasteiger partial charge in [-0.25, -0.2) is 0 Å². The van der Waals surface area contributed by atoms with E-state index in [0.717, 1.165) is 0 Å². The molecule has 2 aromatic rings. The Balaban J connectivity index is 0.000000220. The number of ether oxygens (including phenoxy) is 3. The average molecular weight is 567 g/mol. The highest BCUT2D eigenvalue weighted by Gasteiger charge is 2.36.